The minimum atomic E-state index is 0.822. The van der Waals surface area contributed by atoms with E-state index in [1.165, 1.54) is 11.5 Å². The maximum absolute atomic E-state index is 6.84. The van der Waals surface area contributed by atoms with Crippen LogP contribution in [0.25, 0.3) is 0 Å². The number of nitrogens with one attached hydrogen (secondary N) is 3. The Kier molecular flexibility index (Phi) is 5.15. The molecular weight excluding hydrogens is 116 g/mol. The second-order valence-corrected chi connectivity index (χ2v) is 1.52. The van der Waals surface area contributed by atoms with Crippen LogP contribution in [0.3, 0.4) is 0 Å². The number of hydrogen-bond acceptors (Lipinski definition) is 3. The van der Waals surface area contributed by atoms with Crippen LogP contribution in [-0.2, 0) is 0 Å². The molecule has 0 bridgehead atoms. The summed E-state index contributed by atoms with van der Waals surface area (Å²) in [5.41, 5.74) is 5.82. The molecule has 0 heterocycles. The number of nitrogens with zero attached hydrogens (tertiary/aromatic N) is 1. The fraction of sp³-hybridized carbons (Fsp3) is 0.800. The Bertz CT molecular complexity index is 67.4. The van der Waals surface area contributed by atoms with Crippen LogP contribution in [0, 0.1) is 5.41 Å². The van der Waals surface area contributed by atoms with Crippen molar-refractivity contribution in [3.8, 4) is 0 Å². The summed E-state index contributed by atoms with van der Waals surface area (Å²) in [5.74, 6) is 0. The third kappa shape index (κ3) is 3.93. The van der Waals surface area contributed by atoms with E-state index in [-0.39, 0.29) is 0 Å². The monoisotopic (exact) mass is 130 g/mol. The Balaban J connectivity index is 3.29. The van der Waals surface area contributed by atoms with Gasteiger partial charge in [-0.15, -0.1) is 0 Å². The van der Waals surface area contributed by atoms with Crippen molar-refractivity contribution < 1.29 is 0 Å². The summed E-state index contributed by atoms with van der Waals surface area (Å²) in [6.45, 7) is 5.60. The summed E-state index contributed by atoms with van der Waals surface area (Å²) in [6.07, 6.45) is 1.20. The summed E-state index contributed by atoms with van der Waals surface area (Å²) >= 11 is 0. The first-order valence-corrected chi connectivity index (χ1v) is 3.12. The highest BCUT2D eigenvalue weighted by Gasteiger charge is 1.89. The quantitative estimate of drug-likeness (QED) is 0.278. The molecule has 0 amide bonds. The Hall–Kier alpha value is -0.610. The fourth-order valence-corrected chi connectivity index (χ4v) is 0.488. The van der Waals surface area contributed by atoms with Gasteiger partial charge in [0.15, 0.2) is 0 Å². The van der Waals surface area contributed by atoms with Crippen molar-refractivity contribution >= 4 is 6.34 Å². The van der Waals surface area contributed by atoms with Crippen LogP contribution in [0.15, 0.2) is 0 Å². The highest BCUT2D eigenvalue weighted by Crippen LogP contribution is 1.65. The molecular formula is C5H14N4. The molecule has 0 aliphatic rings. The van der Waals surface area contributed by atoms with E-state index in [0.717, 1.165) is 13.1 Å². The molecule has 0 aromatic heterocycles. The zero-order valence-electron chi connectivity index (χ0n) is 5.94. The largest absolute Gasteiger partial charge is 0.289 e. The summed E-state index contributed by atoms with van der Waals surface area (Å²) < 4.78 is 0. The third-order valence-electron chi connectivity index (χ3n) is 0.786. The zero-order chi connectivity index (χ0) is 7.11. The number of hydrazine groups is 2. The fourth-order valence-electron chi connectivity index (χ4n) is 0.488. The van der Waals surface area contributed by atoms with Gasteiger partial charge in [0.1, 0.15) is 6.34 Å². The second kappa shape index (κ2) is 5.53. The predicted molar refractivity (Wildman–Crippen MR) is 38.0 cm³/mol. The van der Waals surface area contributed by atoms with Crippen LogP contribution in [0.2, 0.25) is 0 Å². The summed E-state index contributed by atoms with van der Waals surface area (Å²) in [4.78, 5) is 0. The summed E-state index contributed by atoms with van der Waals surface area (Å²) in [5, 5.41) is 8.37. The van der Waals surface area contributed by atoms with Gasteiger partial charge in [-0.1, -0.05) is 13.8 Å². The Labute approximate surface area is 55.7 Å². The van der Waals surface area contributed by atoms with Crippen LogP contribution in [0.1, 0.15) is 13.8 Å². The maximum atomic E-state index is 6.84. The first-order valence-electron chi connectivity index (χ1n) is 3.12. The standard InChI is InChI=1S/C5H14N4/c1-3-7-9(5-6)8-4-2/h5-8H,3-4H2,1-2H3. The molecule has 0 saturated carbocycles. The Morgan fingerprint density at radius 2 is 1.78 bits per heavy atom. The van der Waals surface area contributed by atoms with E-state index in [0.29, 0.717) is 0 Å². The van der Waals surface area contributed by atoms with Gasteiger partial charge < -0.3 is 0 Å². The van der Waals surface area contributed by atoms with Crippen molar-refractivity contribution in [1.82, 2.24) is 16.0 Å². The second-order valence-electron chi connectivity index (χ2n) is 1.52. The van der Waals surface area contributed by atoms with Gasteiger partial charge in [-0.3, -0.25) is 5.41 Å². The van der Waals surface area contributed by atoms with Gasteiger partial charge in [-0.05, 0) is 0 Å². The molecule has 9 heavy (non-hydrogen) atoms. The lowest BCUT2D eigenvalue weighted by molar-refractivity contribution is 0.239. The molecule has 0 atom stereocenters. The lowest BCUT2D eigenvalue weighted by atomic mass is 10.8. The lowest BCUT2D eigenvalue weighted by Gasteiger charge is -2.18. The van der Waals surface area contributed by atoms with E-state index < -0.39 is 0 Å². The van der Waals surface area contributed by atoms with E-state index in [4.69, 9.17) is 5.41 Å². The normalized spacial score (nSPS) is 9.11. The van der Waals surface area contributed by atoms with E-state index in [2.05, 4.69) is 10.9 Å². The van der Waals surface area contributed by atoms with Crippen molar-refractivity contribution in [3.63, 3.8) is 0 Å². The molecule has 0 radical (unpaired) electrons. The van der Waals surface area contributed by atoms with E-state index in [1.54, 1.807) is 0 Å². The van der Waals surface area contributed by atoms with E-state index in [1.807, 2.05) is 13.8 Å². The van der Waals surface area contributed by atoms with E-state index >= 15 is 0 Å². The summed E-state index contributed by atoms with van der Waals surface area (Å²) in [7, 11) is 0. The molecule has 4 heteroatoms. The number of hydrogen-bond donors (Lipinski definition) is 3. The average Bonchev–Trinajstić information content (AvgIpc) is 1.88. The third-order valence-corrected chi connectivity index (χ3v) is 0.786. The zero-order valence-corrected chi connectivity index (χ0v) is 5.94. The average molecular weight is 130 g/mol. The molecule has 3 N–H and O–H groups in total. The van der Waals surface area contributed by atoms with Crippen molar-refractivity contribution in [1.29, 1.82) is 5.41 Å². The lowest BCUT2D eigenvalue weighted by Crippen LogP contribution is -2.46. The SMILES string of the molecule is CCNN(C=N)NCC. The van der Waals surface area contributed by atoms with E-state index in [9.17, 15) is 0 Å². The minimum absolute atomic E-state index is 0.822. The molecule has 0 aliphatic heterocycles. The van der Waals surface area contributed by atoms with Crippen LogP contribution < -0.4 is 10.9 Å². The molecule has 0 saturated heterocycles. The molecule has 54 valence electrons. The van der Waals surface area contributed by atoms with Gasteiger partial charge in [0.2, 0.25) is 0 Å². The van der Waals surface area contributed by atoms with Gasteiger partial charge in [-0.2, -0.15) is 0 Å². The molecule has 0 aromatic carbocycles. The van der Waals surface area contributed by atoms with Gasteiger partial charge in [0, 0.05) is 13.1 Å². The number of rotatable bonds is 5. The molecule has 0 fully saturated rings. The van der Waals surface area contributed by atoms with Crippen LogP contribution >= 0.6 is 0 Å². The van der Waals surface area contributed by atoms with Gasteiger partial charge in [-0.25, -0.2) is 16.0 Å². The van der Waals surface area contributed by atoms with Crippen LogP contribution in [0.5, 0.6) is 0 Å². The summed E-state index contributed by atoms with van der Waals surface area (Å²) in [6, 6.07) is 0. The molecule has 4 nitrogen and oxygen atoms in total. The van der Waals surface area contributed by atoms with Crippen molar-refractivity contribution in [2.75, 3.05) is 13.1 Å². The molecule has 0 unspecified atom stereocenters. The molecule has 0 rings (SSSR count). The highest BCUT2D eigenvalue weighted by molar-refractivity contribution is 5.48. The molecule has 0 aromatic rings. The van der Waals surface area contributed by atoms with Crippen LogP contribution in [0.4, 0.5) is 0 Å². The molecule has 0 spiro atoms. The highest BCUT2D eigenvalue weighted by atomic mass is 15.7. The topological polar surface area (TPSA) is 51.2 Å². The van der Waals surface area contributed by atoms with Crippen molar-refractivity contribution in [2.24, 2.45) is 0 Å². The maximum Gasteiger partial charge on any atom is 0.114 e. The van der Waals surface area contributed by atoms with Crippen molar-refractivity contribution in [3.05, 3.63) is 0 Å². The van der Waals surface area contributed by atoms with Gasteiger partial charge in [0.05, 0.1) is 0 Å². The minimum Gasteiger partial charge on any atom is -0.289 e. The Morgan fingerprint density at radius 1 is 1.33 bits per heavy atom. The van der Waals surface area contributed by atoms with Gasteiger partial charge in [0.25, 0.3) is 0 Å². The molecule has 0 aliphatic carbocycles. The first kappa shape index (κ1) is 8.39. The first-order chi connectivity index (χ1) is 4.35. The van der Waals surface area contributed by atoms with Crippen molar-refractivity contribution in [2.45, 2.75) is 13.8 Å². The Morgan fingerprint density at radius 3 is 2.00 bits per heavy atom. The van der Waals surface area contributed by atoms with Crippen LogP contribution in [-0.4, -0.2) is 24.5 Å². The smallest absolute Gasteiger partial charge is 0.114 e. The van der Waals surface area contributed by atoms with Gasteiger partial charge >= 0.3 is 0 Å². The predicted octanol–water partition coefficient (Wildman–Crippen LogP) is -0.0555.